The number of nitrogens with zero attached hydrogens (tertiary/aromatic N) is 3. The van der Waals surface area contributed by atoms with Gasteiger partial charge in [-0.1, -0.05) is 50.1 Å². The molecule has 1 saturated carbocycles. The van der Waals surface area contributed by atoms with Gasteiger partial charge in [-0.15, -0.1) is 0 Å². The highest BCUT2D eigenvalue weighted by molar-refractivity contribution is 6.07. The molecule has 1 aliphatic carbocycles. The maximum Gasteiger partial charge on any atom is 0.325 e. The molecule has 0 radical (unpaired) electrons. The lowest BCUT2D eigenvalue weighted by atomic mass is 9.76. The van der Waals surface area contributed by atoms with Crippen molar-refractivity contribution in [3.8, 4) is 0 Å². The first kappa shape index (κ1) is 16.8. The average Bonchev–Trinajstić information content (AvgIpc) is 3.14. The third kappa shape index (κ3) is 3.11. The van der Waals surface area contributed by atoms with Crippen molar-refractivity contribution in [2.45, 2.75) is 51.2 Å². The van der Waals surface area contributed by atoms with Crippen LogP contribution < -0.4 is 5.32 Å². The summed E-state index contributed by atoms with van der Waals surface area (Å²) in [5.74, 6) is 0.381. The molecule has 1 aromatic carbocycles. The minimum Gasteiger partial charge on any atom is -0.323 e. The summed E-state index contributed by atoms with van der Waals surface area (Å²) in [6, 6.07) is 9.80. The van der Waals surface area contributed by atoms with Gasteiger partial charge in [0.05, 0.1) is 19.3 Å². The zero-order valence-corrected chi connectivity index (χ0v) is 15.0. The number of imide groups is 1. The summed E-state index contributed by atoms with van der Waals surface area (Å²) in [7, 11) is 0. The molecule has 2 heterocycles. The lowest BCUT2D eigenvalue weighted by Crippen LogP contribution is -2.50. The van der Waals surface area contributed by atoms with E-state index in [9.17, 15) is 9.59 Å². The second-order valence-corrected chi connectivity index (χ2v) is 7.64. The SMILES string of the molecule is C[C@H]1CCC[C@]2(C1)NC(=O)N(Cc1cnn(Cc3ccccc3)c1)C2=O. The summed E-state index contributed by atoms with van der Waals surface area (Å²) in [5.41, 5.74) is 1.34. The van der Waals surface area contributed by atoms with E-state index in [0.717, 1.165) is 36.8 Å². The molecule has 1 aliphatic heterocycles. The molecule has 0 bridgehead atoms. The van der Waals surface area contributed by atoms with Gasteiger partial charge in [-0.05, 0) is 24.3 Å². The molecule has 6 heteroatoms. The van der Waals surface area contributed by atoms with Crippen molar-refractivity contribution < 1.29 is 9.59 Å². The first-order chi connectivity index (χ1) is 12.6. The van der Waals surface area contributed by atoms with Crippen molar-refractivity contribution in [2.75, 3.05) is 0 Å². The van der Waals surface area contributed by atoms with E-state index in [2.05, 4.69) is 17.3 Å². The van der Waals surface area contributed by atoms with Crippen molar-refractivity contribution >= 4 is 11.9 Å². The molecular formula is C20H24N4O2. The van der Waals surface area contributed by atoms with Gasteiger partial charge in [0.2, 0.25) is 0 Å². The molecule has 2 aliphatic rings. The molecule has 2 aromatic rings. The van der Waals surface area contributed by atoms with E-state index in [-0.39, 0.29) is 18.5 Å². The van der Waals surface area contributed by atoms with Gasteiger partial charge < -0.3 is 5.32 Å². The Balaban J connectivity index is 1.46. The first-order valence-electron chi connectivity index (χ1n) is 9.25. The number of carbonyl (C=O) groups excluding carboxylic acids is 2. The fourth-order valence-corrected chi connectivity index (χ4v) is 4.21. The zero-order valence-electron chi connectivity index (χ0n) is 15.0. The van der Waals surface area contributed by atoms with E-state index in [4.69, 9.17) is 0 Å². The van der Waals surface area contributed by atoms with Crippen molar-refractivity contribution in [3.05, 3.63) is 53.9 Å². The smallest absolute Gasteiger partial charge is 0.323 e. The lowest BCUT2D eigenvalue weighted by molar-refractivity contribution is -0.133. The number of amides is 3. The number of urea groups is 1. The van der Waals surface area contributed by atoms with Gasteiger partial charge in [-0.3, -0.25) is 14.4 Å². The average molecular weight is 352 g/mol. The van der Waals surface area contributed by atoms with Gasteiger partial charge in [0.25, 0.3) is 5.91 Å². The number of rotatable bonds is 4. The Kier molecular flexibility index (Phi) is 4.26. The third-order valence-electron chi connectivity index (χ3n) is 5.46. The van der Waals surface area contributed by atoms with E-state index in [1.165, 1.54) is 4.90 Å². The number of benzene rings is 1. The quantitative estimate of drug-likeness (QED) is 0.861. The predicted molar refractivity (Wildman–Crippen MR) is 97.2 cm³/mol. The summed E-state index contributed by atoms with van der Waals surface area (Å²) < 4.78 is 1.83. The molecule has 4 rings (SSSR count). The number of nitrogens with one attached hydrogen (secondary N) is 1. The van der Waals surface area contributed by atoms with Crippen molar-refractivity contribution in [1.82, 2.24) is 20.0 Å². The van der Waals surface area contributed by atoms with Gasteiger partial charge in [-0.25, -0.2) is 4.79 Å². The Labute approximate surface area is 153 Å². The zero-order chi connectivity index (χ0) is 18.1. The Morgan fingerprint density at radius 3 is 2.77 bits per heavy atom. The minimum atomic E-state index is -0.686. The molecular weight excluding hydrogens is 328 g/mol. The molecule has 3 amide bonds. The molecule has 1 aromatic heterocycles. The Hall–Kier alpha value is -2.63. The standard InChI is InChI=1S/C20H24N4O2/c1-15-6-5-9-20(10-15)18(25)24(19(26)22-20)14-17-11-21-23(13-17)12-16-7-3-2-4-8-16/h2-4,7-8,11,13,15H,5-6,9-10,12,14H2,1H3,(H,22,26)/t15-,20+/m0/s1. The highest BCUT2D eigenvalue weighted by atomic mass is 16.2. The minimum absolute atomic E-state index is 0.0788. The van der Waals surface area contributed by atoms with Crippen LogP contribution in [0.2, 0.25) is 0 Å². The van der Waals surface area contributed by atoms with Crippen LogP contribution in [-0.4, -0.2) is 32.2 Å². The summed E-state index contributed by atoms with van der Waals surface area (Å²) in [6.07, 6.45) is 7.22. The first-order valence-corrected chi connectivity index (χ1v) is 9.25. The molecule has 1 spiro atoms. The van der Waals surface area contributed by atoms with Crippen LogP contribution in [0.3, 0.4) is 0 Å². The van der Waals surface area contributed by atoms with Crippen LogP contribution in [0.1, 0.15) is 43.7 Å². The van der Waals surface area contributed by atoms with E-state index >= 15 is 0 Å². The van der Waals surface area contributed by atoms with Crippen molar-refractivity contribution in [3.63, 3.8) is 0 Å². The molecule has 2 atom stereocenters. The summed E-state index contributed by atoms with van der Waals surface area (Å²) in [6.45, 7) is 3.09. The summed E-state index contributed by atoms with van der Waals surface area (Å²) >= 11 is 0. The number of hydrogen-bond acceptors (Lipinski definition) is 3. The molecule has 6 nitrogen and oxygen atoms in total. The highest BCUT2D eigenvalue weighted by Gasteiger charge is 2.52. The largest absolute Gasteiger partial charge is 0.325 e. The molecule has 1 N–H and O–H groups in total. The fourth-order valence-electron chi connectivity index (χ4n) is 4.21. The summed E-state index contributed by atoms with van der Waals surface area (Å²) in [4.78, 5) is 26.7. The van der Waals surface area contributed by atoms with Crippen molar-refractivity contribution in [1.29, 1.82) is 0 Å². The Morgan fingerprint density at radius 1 is 1.19 bits per heavy atom. The monoisotopic (exact) mass is 352 g/mol. The van der Waals surface area contributed by atoms with Crippen LogP contribution >= 0.6 is 0 Å². The van der Waals surface area contributed by atoms with Gasteiger partial charge in [0, 0.05) is 11.8 Å². The highest BCUT2D eigenvalue weighted by Crippen LogP contribution is 2.37. The van der Waals surface area contributed by atoms with Crippen molar-refractivity contribution in [2.24, 2.45) is 5.92 Å². The molecule has 26 heavy (non-hydrogen) atoms. The van der Waals surface area contributed by atoms with Crippen LogP contribution in [0.15, 0.2) is 42.7 Å². The lowest BCUT2D eigenvalue weighted by Gasteiger charge is -2.34. The van der Waals surface area contributed by atoms with E-state index in [1.807, 2.05) is 41.2 Å². The van der Waals surface area contributed by atoms with Crippen LogP contribution in [0, 0.1) is 5.92 Å². The molecule has 0 unspecified atom stereocenters. The fraction of sp³-hybridized carbons (Fsp3) is 0.450. The maximum atomic E-state index is 13.0. The number of hydrogen-bond donors (Lipinski definition) is 1. The normalized spacial score (nSPS) is 25.7. The molecule has 136 valence electrons. The van der Waals surface area contributed by atoms with Gasteiger partial charge in [0.15, 0.2) is 0 Å². The van der Waals surface area contributed by atoms with E-state index < -0.39 is 5.54 Å². The van der Waals surface area contributed by atoms with E-state index in [1.54, 1.807) is 6.20 Å². The van der Waals surface area contributed by atoms with Gasteiger partial charge >= 0.3 is 6.03 Å². The predicted octanol–water partition coefficient (Wildman–Crippen LogP) is 2.93. The second kappa shape index (κ2) is 6.59. The van der Waals surface area contributed by atoms with E-state index in [0.29, 0.717) is 12.5 Å². The van der Waals surface area contributed by atoms with Crippen LogP contribution in [0.25, 0.3) is 0 Å². The van der Waals surface area contributed by atoms with Gasteiger partial charge in [0.1, 0.15) is 5.54 Å². The van der Waals surface area contributed by atoms with Crippen LogP contribution in [-0.2, 0) is 17.9 Å². The maximum absolute atomic E-state index is 13.0. The second-order valence-electron chi connectivity index (χ2n) is 7.64. The number of carbonyl (C=O) groups is 2. The van der Waals surface area contributed by atoms with Gasteiger partial charge in [-0.2, -0.15) is 5.10 Å². The Bertz CT molecular complexity index is 816. The number of aromatic nitrogens is 2. The molecule has 1 saturated heterocycles. The van der Waals surface area contributed by atoms with Crippen LogP contribution in [0.5, 0.6) is 0 Å². The topological polar surface area (TPSA) is 67.2 Å². The summed E-state index contributed by atoms with van der Waals surface area (Å²) in [5, 5.41) is 7.34. The molecule has 2 fully saturated rings. The third-order valence-corrected chi connectivity index (χ3v) is 5.46. The Morgan fingerprint density at radius 2 is 2.00 bits per heavy atom. The van der Waals surface area contributed by atoms with Crippen LogP contribution in [0.4, 0.5) is 4.79 Å².